The summed E-state index contributed by atoms with van der Waals surface area (Å²) < 4.78 is 36.2. The second kappa shape index (κ2) is 11.5. The summed E-state index contributed by atoms with van der Waals surface area (Å²) >= 11 is 0. The number of carbonyl (C=O) groups excluding carboxylic acids is 2. The van der Waals surface area contributed by atoms with Crippen LogP contribution < -0.4 is 30.7 Å². The van der Waals surface area contributed by atoms with Crippen molar-refractivity contribution < 1.29 is 32.9 Å². The number of nitrogens with two attached hydrogens (primary N) is 1. The lowest BCUT2D eigenvalue weighted by atomic mass is 10.1. The molecule has 0 saturated carbocycles. The molecule has 2 aromatic rings. The molecule has 1 saturated heterocycles. The first kappa shape index (κ1) is 26.1. The molecule has 2 amide bonds. The number of methoxy groups -OCH3 is 1. The number of aromatic nitrogens is 1. The Hall–Kier alpha value is -3.48. The van der Waals surface area contributed by atoms with Crippen molar-refractivity contribution >= 4 is 23.6 Å². The molecule has 3 unspecified atom stereocenters. The van der Waals surface area contributed by atoms with Gasteiger partial charge < -0.3 is 35.3 Å². The highest BCUT2D eigenvalue weighted by atomic mass is 19.1. The molecule has 0 spiro atoms. The number of halogens is 1. The van der Waals surface area contributed by atoms with Gasteiger partial charge in [-0.25, -0.2) is 14.2 Å². The lowest BCUT2D eigenvalue weighted by Gasteiger charge is -2.19. The number of rotatable bonds is 11. The quantitative estimate of drug-likeness (QED) is 0.371. The molecule has 204 valence electrons. The molecular weight excluding hydrogens is 497 g/mol. The number of cyclic esters (lactones) is 1. The van der Waals surface area contributed by atoms with Gasteiger partial charge in [-0.3, -0.25) is 9.69 Å². The summed E-state index contributed by atoms with van der Waals surface area (Å²) in [5.41, 5.74) is 7.59. The molecule has 2 aliphatic heterocycles. The maximum atomic E-state index is 14.7. The van der Waals surface area contributed by atoms with E-state index in [4.69, 9.17) is 24.7 Å². The highest BCUT2D eigenvalue weighted by molar-refractivity contribution is 5.95. The van der Waals surface area contributed by atoms with Crippen molar-refractivity contribution in [2.45, 2.75) is 31.4 Å². The minimum absolute atomic E-state index is 0.0588. The van der Waals surface area contributed by atoms with E-state index in [0.29, 0.717) is 55.7 Å². The minimum atomic E-state index is -0.478. The second-order valence-electron chi connectivity index (χ2n) is 9.81. The lowest BCUT2D eigenvalue weighted by Crippen LogP contribution is -2.32. The molecule has 1 aromatic carbocycles. The van der Waals surface area contributed by atoms with Crippen LogP contribution in [-0.4, -0.2) is 75.7 Å². The van der Waals surface area contributed by atoms with E-state index in [9.17, 15) is 14.0 Å². The second-order valence-corrected chi connectivity index (χ2v) is 9.81. The van der Waals surface area contributed by atoms with Gasteiger partial charge in [0.05, 0.1) is 19.2 Å². The number of hydrogen-bond acceptors (Lipinski definition) is 9. The molecule has 1 aromatic heterocycles. The van der Waals surface area contributed by atoms with Gasteiger partial charge in [-0.05, 0) is 67.6 Å². The third-order valence-corrected chi connectivity index (χ3v) is 6.79. The lowest BCUT2D eigenvalue weighted by molar-refractivity contribution is -0.118. The maximum Gasteiger partial charge on any atom is 0.415 e. The van der Waals surface area contributed by atoms with Gasteiger partial charge in [0.1, 0.15) is 30.1 Å². The number of nitrogens with one attached hydrogen (secondary N) is 2. The van der Waals surface area contributed by atoms with Gasteiger partial charge in [0, 0.05) is 13.2 Å². The Bertz CT molecular complexity index is 1200. The van der Waals surface area contributed by atoms with Crippen LogP contribution in [0.5, 0.6) is 11.5 Å². The predicted molar refractivity (Wildman–Crippen MR) is 136 cm³/mol. The summed E-state index contributed by atoms with van der Waals surface area (Å²) in [6.07, 6.45) is 1.28. The molecule has 5 rings (SSSR count). The van der Waals surface area contributed by atoms with Crippen LogP contribution in [0.15, 0.2) is 24.3 Å². The molecular formula is C26H32FN5O6. The molecule has 0 bridgehead atoms. The van der Waals surface area contributed by atoms with Crippen molar-refractivity contribution in [3.8, 4) is 11.5 Å². The summed E-state index contributed by atoms with van der Waals surface area (Å²) in [5.74, 6) is 1.36. The van der Waals surface area contributed by atoms with Crippen LogP contribution in [0.25, 0.3) is 0 Å². The molecule has 3 atom stereocenters. The van der Waals surface area contributed by atoms with Crippen LogP contribution in [-0.2, 0) is 27.1 Å². The van der Waals surface area contributed by atoms with Crippen LogP contribution in [0.4, 0.5) is 20.8 Å². The van der Waals surface area contributed by atoms with Crippen LogP contribution in [0.1, 0.15) is 17.5 Å². The summed E-state index contributed by atoms with van der Waals surface area (Å²) in [6.45, 7) is 2.30. The predicted octanol–water partition coefficient (Wildman–Crippen LogP) is 1.62. The fraction of sp³-hybridized carbons (Fsp3) is 0.500. The molecule has 11 nitrogen and oxygen atoms in total. The number of benzene rings is 1. The summed E-state index contributed by atoms with van der Waals surface area (Å²) in [5, 5.41) is 6.06. The summed E-state index contributed by atoms with van der Waals surface area (Å²) in [6, 6.07) is 6.39. The number of nitrogens with zero attached hydrogens (tertiary/aromatic N) is 2. The Morgan fingerprint density at radius 3 is 3.00 bits per heavy atom. The zero-order chi connectivity index (χ0) is 26.6. The Kier molecular flexibility index (Phi) is 7.91. The van der Waals surface area contributed by atoms with Gasteiger partial charge in [-0.1, -0.05) is 0 Å². The van der Waals surface area contributed by atoms with E-state index in [2.05, 4.69) is 15.6 Å². The van der Waals surface area contributed by atoms with E-state index < -0.39 is 6.09 Å². The van der Waals surface area contributed by atoms with Gasteiger partial charge in [0.2, 0.25) is 0 Å². The number of carbonyl (C=O) groups is 2. The highest BCUT2D eigenvalue weighted by Crippen LogP contribution is 2.33. The van der Waals surface area contributed by atoms with E-state index in [0.717, 1.165) is 24.1 Å². The first-order valence-corrected chi connectivity index (χ1v) is 12.7. The summed E-state index contributed by atoms with van der Waals surface area (Å²) in [4.78, 5) is 29.8. The third kappa shape index (κ3) is 5.98. The van der Waals surface area contributed by atoms with Crippen molar-refractivity contribution in [3.05, 3.63) is 41.2 Å². The van der Waals surface area contributed by atoms with Crippen molar-refractivity contribution in [1.29, 1.82) is 0 Å². The third-order valence-electron chi connectivity index (χ3n) is 6.79. The zero-order valence-electron chi connectivity index (χ0n) is 21.2. The van der Waals surface area contributed by atoms with Crippen LogP contribution >= 0.6 is 0 Å². The first-order chi connectivity index (χ1) is 18.4. The molecule has 3 aliphatic rings. The van der Waals surface area contributed by atoms with Crippen molar-refractivity contribution in [1.82, 2.24) is 10.3 Å². The largest absolute Gasteiger partial charge is 0.492 e. The fourth-order valence-corrected chi connectivity index (χ4v) is 4.97. The zero-order valence-corrected chi connectivity index (χ0v) is 21.2. The van der Waals surface area contributed by atoms with Gasteiger partial charge in [-0.15, -0.1) is 0 Å². The number of ether oxygens (including phenoxy) is 4. The summed E-state index contributed by atoms with van der Waals surface area (Å²) in [7, 11) is 1.57. The molecule has 3 heterocycles. The van der Waals surface area contributed by atoms with E-state index in [1.54, 1.807) is 19.2 Å². The van der Waals surface area contributed by atoms with Crippen molar-refractivity contribution in [2.24, 2.45) is 11.7 Å². The van der Waals surface area contributed by atoms with Crippen LogP contribution in [0.3, 0.4) is 0 Å². The Labute approximate surface area is 219 Å². The minimum Gasteiger partial charge on any atom is -0.492 e. The van der Waals surface area contributed by atoms with E-state index in [1.807, 2.05) is 6.07 Å². The van der Waals surface area contributed by atoms with Gasteiger partial charge >= 0.3 is 6.09 Å². The average molecular weight is 530 g/mol. The topological polar surface area (TPSA) is 137 Å². The van der Waals surface area contributed by atoms with Crippen LogP contribution in [0.2, 0.25) is 0 Å². The maximum absolute atomic E-state index is 14.7. The SMILES string of the molecule is COCC(N)COc1cc(F)c2c(c1)CC(CNCCC1CN(c3ccc4c(n3)NC(=O)CO4)C(=O)O1)C2. The first-order valence-electron chi connectivity index (χ1n) is 12.7. The van der Waals surface area contributed by atoms with Crippen molar-refractivity contribution in [2.75, 3.05) is 56.8 Å². The smallest absolute Gasteiger partial charge is 0.415 e. The number of anilines is 2. The number of pyridine rings is 1. The average Bonchev–Trinajstić information content (AvgIpc) is 3.48. The van der Waals surface area contributed by atoms with Crippen molar-refractivity contribution in [3.63, 3.8) is 0 Å². The fourth-order valence-electron chi connectivity index (χ4n) is 4.97. The number of fused-ring (bicyclic) bond motifs is 2. The standard InChI is InChI=1S/C26H32FN5O6/c1-35-12-17(28)13-36-19-8-16-6-15(7-20(16)21(27)9-19)10-29-5-4-18-11-32(26(34)38-18)23-3-2-22-25(30-23)31-24(33)14-37-22/h2-3,8-9,15,17-18,29H,4-7,10-14,28H2,1H3,(H,30,31,33). The van der Waals surface area contributed by atoms with Gasteiger partial charge in [0.15, 0.2) is 18.2 Å². The Morgan fingerprint density at radius 2 is 2.16 bits per heavy atom. The Balaban J connectivity index is 1.06. The number of amides is 2. The van der Waals surface area contributed by atoms with Crippen LogP contribution in [0, 0.1) is 11.7 Å². The molecule has 1 fully saturated rings. The molecule has 4 N–H and O–H groups in total. The monoisotopic (exact) mass is 529 g/mol. The van der Waals surface area contributed by atoms with E-state index in [-0.39, 0.29) is 43.0 Å². The molecule has 1 aliphatic carbocycles. The molecule has 0 radical (unpaired) electrons. The Morgan fingerprint density at radius 1 is 1.29 bits per heavy atom. The van der Waals surface area contributed by atoms with E-state index >= 15 is 0 Å². The molecule has 38 heavy (non-hydrogen) atoms. The van der Waals surface area contributed by atoms with Gasteiger partial charge in [-0.2, -0.15) is 0 Å². The molecule has 12 heteroatoms. The number of hydrogen-bond donors (Lipinski definition) is 3. The normalized spacial score (nSPS) is 20.9. The van der Waals surface area contributed by atoms with Gasteiger partial charge in [0.25, 0.3) is 5.91 Å². The van der Waals surface area contributed by atoms with E-state index in [1.165, 1.54) is 11.0 Å². The highest BCUT2D eigenvalue weighted by Gasteiger charge is 2.34.